The van der Waals surface area contributed by atoms with E-state index in [2.05, 4.69) is 42.7 Å². The van der Waals surface area contributed by atoms with Crippen LogP contribution in [-0.4, -0.2) is 31.7 Å². The summed E-state index contributed by atoms with van der Waals surface area (Å²) in [5.74, 6) is 0.00137. The van der Waals surface area contributed by atoms with Crippen molar-refractivity contribution in [3.05, 3.63) is 34.9 Å². The Morgan fingerprint density at radius 2 is 2.00 bits per heavy atom. The Morgan fingerprint density at radius 3 is 2.57 bits per heavy atom. The van der Waals surface area contributed by atoms with Crippen molar-refractivity contribution in [2.75, 3.05) is 20.2 Å². The van der Waals surface area contributed by atoms with Gasteiger partial charge in [0.25, 0.3) is 5.91 Å². The Bertz CT molecular complexity index is 485. The van der Waals surface area contributed by atoms with Gasteiger partial charge in [0.1, 0.15) is 5.60 Å². The molecule has 2 N–H and O–H groups in total. The fourth-order valence-electron chi connectivity index (χ4n) is 2.74. The number of carbonyl (C=O) groups excluding carboxylic acids is 1. The van der Waals surface area contributed by atoms with Gasteiger partial charge in [-0.25, -0.2) is 0 Å². The second-order valence-electron chi connectivity index (χ2n) is 5.56. The molecule has 0 atom stereocenters. The van der Waals surface area contributed by atoms with Crippen molar-refractivity contribution in [1.29, 1.82) is 0 Å². The molecule has 0 saturated carbocycles. The fourth-order valence-corrected chi connectivity index (χ4v) is 2.74. The van der Waals surface area contributed by atoms with Crippen LogP contribution in [0, 0.1) is 13.8 Å². The lowest BCUT2D eigenvalue weighted by molar-refractivity contribution is -0.146. The molecular weight excluding hydrogens is 288 g/mol. The molecule has 4 nitrogen and oxygen atoms in total. The van der Waals surface area contributed by atoms with Gasteiger partial charge in [0, 0.05) is 13.7 Å². The van der Waals surface area contributed by atoms with Crippen molar-refractivity contribution in [3.8, 4) is 0 Å². The van der Waals surface area contributed by atoms with Crippen molar-refractivity contribution >= 4 is 18.3 Å². The molecule has 0 unspecified atom stereocenters. The highest BCUT2D eigenvalue weighted by atomic mass is 35.5. The Hall–Kier alpha value is -1.10. The Kier molecular flexibility index (Phi) is 6.65. The summed E-state index contributed by atoms with van der Waals surface area (Å²) in [6, 6.07) is 6.29. The third-order valence-corrected chi connectivity index (χ3v) is 4.15. The van der Waals surface area contributed by atoms with Gasteiger partial charge in [0.15, 0.2) is 0 Å². The first-order valence-corrected chi connectivity index (χ1v) is 7.18. The predicted octanol–water partition coefficient (Wildman–Crippen LogP) is 2.11. The van der Waals surface area contributed by atoms with E-state index in [1.165, 1.54) is 11.1 Å². The molecule has 1 saturated heterocycles. The second kappa shape index (κ2) is 7.78. The molecule has 0 bridgehead atoms. The number of nitrogens with one attached hydrogen (secondary N) is 2. The van der Waals surface area contributed by atoms with E-state index in [1.807, 2.05) is 0 Å². The number of aryl methyl sites for hydroxylation is 2. The molecule has 0 aliphatic carbocycles. The molecule has 1 amide bonds. The number of carbonyl (C=O) groups is 1. The molecule has 1 aromatic carbocycles. The van der Waals surface area contributed by atoms with E-state index < -0.39 is 5.60 Å². The highest BCUT2D eigenvalue weighted by Gasteiger charge is 2.39. The SMILES string of the molecule is COC1(C(=O)NCc2ccc(C)cc2C)CCNCC1.Cl. The third kappa shape index (κ3) is 4.19. The number of ether oxygens (including phenoxy) is 1. The zero-order valence-corrected chi connectivity index (χ0v) is 13.8. The lowest BCUT2D eigenvalue weighted by atomic mass is 9.91. The number of methoxy groups -OCH3 is 1. The number of halogens is 1. The fraction of sp³-hybridized carbons (Fsp3) is 0.562. The molecule has 1 aromatic rings. The number of benzene rings is 1. The van der Waals surface area contributed by atoms with E-state index in [-0.39, 0.29) is 18.3 Å². The molecule has 0 spiro atoms. The zero-order valence-electron chi connectivity index (χ0n) is 13.0. The first kappa shape index (κ1) is 18.0. The summed E-state index contributed by atoms with van der Waals surface area (Å²) in [7, 11) is 1.63. The van der Waals surface area contributed by atoms with Gasteiger partial charge in [-0.15, -0.1) is 12.4 Å². The van der Waals surface area contributed by atoms with Crippen LogP contribution in [0.1, 0.15) is 29.5 Å². The van der Waals surface area contributed by atoms with Crippen LogP contribution in [0.15, 0.2) is 18.2 Å². The highest BCUT2D eigenvalue weighted by molar-refractivity contribution is 5.85. The number of rotatable bonds is 4. The summed E-state index contributed by atoms with van der Waals surface area (Å²) in [6.07, 6.45) is 1.45. The lowest BCUT2D eigenvalue weighted by Gasteiger charge is -2.34. The van der Waals surface area contributed by atoms with Crippen LogP contribution < -0.4 is 10.6 Å². The summed E-state index contributed by atoms with van der Waals surface area (Å²) in [4.78, 5) is 12.4. The van der Waals surface area contributed by atoms with Gasteiger partial charge in [-0.3, -0.25) is 4.79 Å². The molecule has 2 rings (SSSR count). The minimum Gasteiger partial charge on any atom is -0.368 e. The van der Waals surface area contributed by atoms with E-state index in [4.69, 9.17) is 4.74 Å². The summed E-state index contributed by atoms with van der Waals surface area (Å²) in [5, 5.41) is 6.29. The van der Waals surface area contributed by atoms with Crippen LogP contribution in [0.3, 0.4) is 0 Å². The zero-order chi connectivity index (χ0) is 14.6. The van der Waals surface area contributed by atoms with Crippen LogP contribution in [0.5, 0.6) is 0 Å². The topological polar surface area (TPSA) is 50.4 Å². The lowest BCUT2D eigenvalue weighted by Crippen LogP contribution is -2.53. The van der Waals surface area contributed by atoms with Crippen molar-refractivity contribution in [3.63, 3.8) is 0 Å². The van der Waals surface area contributed by atoms with Crippen LogP contribution in [-0.2, 0) is 16.1 Å². The minimum atomic E-state index is -0.663. The maximum Gasteiger partial charge on any atom is 0.252 e. The summed E-state index contributed by atoms with van der Waals surface area (Å²) < 4.78 is 5.53. The Labute approximate surface area is 133 Å². The van der Waals surface area contributed by atoms with Crippen molar-refractivity contribution in [1.82, 2.24) is 10.6 Å². The van der Waals surface area contributed by atoms with E-state index in [0.717, 1.165) is 31.5 Å². The van der Waals surface area contributed by atoms with Crippen molar-refractivity contribution in [2.24, 2.45) is 0 Å². The number of hydrogen-bond acceptors (Lipinski definition) is 3. The van der Waals surface area contributed by atoms with E-state index in [0.29, 0.717) is 6.54 Å². The van der Waals surface area contributed by atoms with Gasteiger partial charge >= 0.3 is 0 Å². The van der Waals surface area contributed by atoms with Crippen molar-refractivity contribution in [2.45, 2.75) is 38.8 Å². The molecule has 1 fully saturated rings. The first-order chi connectivity index (χ1) is 9.57. The number of piperidine rings is 1. The minimum absolute atomic E-state index is 0. The monoisotopic (exact) mass is 312 g/mol. The molecular formula is C16H25ClN2O2. The molecule has 0 radical (unpaired) electrons. The van der Waals surface area contributed by atoms with E-state index in [1.54, 1.807) is 7.11 Å². The summed E-state index contributed by atoms with van der Waals surface area (Å²) >= 11 is 0. The smallest absolute Gasteiger partial charge is 0.252 e. The maximum atomic E-state index is 12.4. The number of hydrogen-bond donors (Lipinski definition) is 2. The highest BCUT2D eigenvalue weighted by Crippen LogP contribution is 2.23. The van der Waals surface area contributed by atoms with Crippen LogP contribution in [0.2, 0.25) is 0 Å². The predicted molar refractivity (Wildman–Crippen MR) is 86.9 cm³/mol. The number of amides is 1. The van der Waals surface area contributed by atoms with Crippen molar-refractivity contribution < 1.29 is 9.53 Å². The Morgan fingerprint density at radius 1 is 1.33 bits per heavy atom. The molecule has 1 heterocycles. The maximum absolute atomic E-state index is 12.4. The molecule has 118 valence electrons. The van der Waals surface area contributed by atoms with Gasteiger partial charge in [-0.2, -0.15) is 0 Å². The van der Waals surface area contributed by atoms with E-state index in [9.17, 15) is 4.79 Å². The van der Waals surface area contributed by atoms with Crippen LogP contribution in [0.4, 0.5) is 0 Å². The quantitative estimate of drug-likeness (QED) is 0.895. The average Bonchev–Trinajstić information content (AvgIpc) is 2.46. The standard InChI is InChI=1S/C16H24N2O2.ClH/c1-12-4-5-14(13(2)10-12)11-18-15(19)16(20-3)6-8-17-9-7-16;/h4-5,10,17H,6-9,11H2,1-3H3,(H,18,19);1H. The molecule has 0 aromatic heterocycles. The average molecular weight is 313 g/mol. The second-order valence-corrected chi connectivity index (χ2v) is 5.56. The van der Waals surface area contributed by atoms with Crippen LogP contribution >= 0.6 is 12.4 Å². The normalized spacial score (nSPS) is 16.9. The van der Waals surface area contributed by atoms with E-state index >= 15 is 0 Å². The largest absolute Gasteiger partial charge is 0.368 e. The summed E-state index contributed by atoms with van der Waals surface area (Å²) in [6.45, 7) is 6.36. The van der Waals surface area contributed by atoms with Gasteiger partial charge < -0.3 is 15.4 Å². The third-order valence-electron chi connectivity index (χ3n) is 4.15. The van der Waals surface area contributed by atoms with Gasteiger partial charge in [0.05, 0.1) is 0 Å². The summed E-state index contributed by atoms with van der Waals surface area (Å²) in [5.41, 5.74) is 2.94. The first-order valence-electron chi connectivity index (χ1n) is 7.18. The molecule has 1 aliphatic rings. The molecule has 5 heteroatoms. The molecule has 1 aliphatic heterocycles. The van der Waals surface area contributed by atoms with Gasteiger partial charge in [0.2, 0.25) is 0 Å². The van der Waals surface area contributed by atoms with Crippen LogP contribution in [0.25, 0.3) is 0 Å². The molecule has 21 heavy (non-hydrogen) atoms. The van der Waals surface area contributed by atoms with Gasteiger partial charge in [-0.05, 0) is 50.9 Å². The van der Waals surface area contributed by atoms with Gasteiger partial charge in [-0.1, -0.05) is 23.8 Å². The Balaban J connectivity index is 0.00000220.